The van der Waals surface area contributed by atoms with Gasteiger partial charge in [-0.05, 0) is 28.9 Å². The largest absolute Gasteiger partial charge is 0.261 e. The summed E-state index contributed by atoms with van der Waals surface area (Å²) in [6, 6.07) is 4.31. The van der Waals surface area contributed by atoms with Crippen molar-refractivity contribution in [2.24, 2.45) is 5.92 Å². The third-order valence-corrected chi connectivity index (χ3v) is 2.24. The zero-order valence-corrected chi connectivity index (χ0v) is 12.8. The summed E-state index contributed by atoms with van der Waals surface area (Å²) in [6.07, 6.45) is 2.00. The Labute approximate surface area is 108 Å². The normalized spacial score (nSPS) is 11.4. The van der Waals surface area contributed by atoms with Gasteiger partial charge in [-0.25, -0.2) is 0 Å². The molecular formula is C16H29N. The van der Waals surface area contributed by atoms with E-state index in [1.807, 2.05) is 6.20 Å². The molecule has 1 aromatic rings. The molecule has 98 valence electrons. The maximum absolute atomic E-state index is 4.44. The molecule has 1 heteroatoms. The third-order valence-electron chi connectivity index (χ3n) is 2.24. The molecule has 0 spiro atoms. The minimum atomic E-state index is 0.211. The Hall–Kier alpha value is -0.850. The molecule has 1 aromatic heterocycles. The fourth-order valence-corrected chi connectivity index (χ4v) is 1.19. The lowest BCUT2D eigenvalue weighted by Gasteiger charge is -2.18. The summed E-state index contributed by atoms with van der Waals surface area (Å²) < 4.78 is 0. The van der Waals surface area contributed by atoms with Crippen molar-refractivity contribution in [1.29, 1.82) is 0 Å². The number of aromatic nitrogens is 1. The van der Waals surface area contributed by atoms with Crippen LogP contribution in [0.15, 0.2) is 18.3 Å². The van der Waals surface area contributed by atoms with E-state index >= 15 is 0 Å². The van der Waals surface area contributed by atoms with Gasteiger partial charge in [-0.1, -0.05) is 61.5 Å². The smallest absolute Gasteiger partial charge is 0.0429 e. The average Bonchev–Trinajstić information content (AvgIpc) is 2.15. The van der Waals surface area contributed by atoms with E-state index in [1.54, 1.807) is 0 Å². The first-order valence-electron chi connectivity index (χ1n) is 6.61. The minimum Gasteiger partial charge on any atom is -0.261 e. The highest BCUT2D eigenvalue weighted by atomic mass is 14.7. The molecule has 17 heavy (non-hydrogen) atoms. The molecule has 0 fully saturated rings. The first-order chi connectivity index (χ1) is 7.64. The van der Waals surface area contributed by atoms with Crippen molar-refractivity contribution in [3.8, 4) is 0 Å². The van der Waals surface area contributed by atoms with E-state index in [1.165, 1.54) is 11.3 Å². The Morgan fingerprint density at radius 2 is 1.41 bits per heavy atom. The van der Waals surface area contributed by atoms with Crippen LogP contribution in [-0.2, 0) is 5.41 Å². The number of hydrogen-bond donors (Lipinski definition) is 0. The van der Waals surface area contributed by atoms with Crippen LogP contribution in [-0.4, -0.2) is 4.98 Å². The average molecular weight is 235 g/mol. The molecule has 0 bridgehead atoms. The molecule has 0 aliphatic carbocycles. The van der Waals surface area contributed by atoms with Crippen LogP contribution >= 0.6 is 0 Å². The SMILES string of the molecule is CC(C)C.CC(C)c1ccc(C(C)(C)C)cn1. The van der Waals surface area contributed by atoms with Crippen LogP contribution in [0.25, 0.3) is 0 Å². The van der Waals surface area contributed by atoms with E-state index in [0.717, 1.165) is 5.92 Å². The number of hydrogen-bond acceptors (Lipinski definition) is 1. The predicted octanol–water partition coefficient (Wildman–Crippen LogP) is 5.16. The van der Waals surface area contributed by atoms with Crippen LogP contribution in [0.1, 0.15) is 72.6 Å². The van der Waals surface area contributed by atoms with Crippen molar-refractivity contribution in [2.45, 2.75) is 66.7 Å². The quantitative estimate of drug-likeness (QED) is 0.655. The lowest BCUT2D eigenvalue weighted by molar-refractivity contribution is 0.586. The van der Waals surface area contributed by atoms with Crippen LogP contribution in [0.2, 0.25) is 0 Å². The summed E-state index contributed by atoms with van der Waals surface area (Å²) in [6.45, 7) is 17.5. The van der Waals surface area contributed by atoms with E-state index < -0.39 is 0 Å². The monoisotopic (exact) mass is 235 g/mol. The summed E-state index contributed by atoms with van der Waals surface area (Å²) in [5, 5.41) is 0. The molecule has 0 saturated carbocycles. The molecule has 0 atom stereocenters. The topological polar surface area (TPSA) is 12.9 Å². The van der Waals surface area contributed by atoms with E-state index in [9.17, 15) is 0 Å². The highest BCUT2D eigenvalue weighted by Crippen LogP contribution is 2.22. The van der Waals surface area contributed by atoms with Gasteiger partial charge < -0.3 is 0 Å². The van der Waals surface area contributed by atoms with Gasteiger partial charge in [-0.15, -0.1) is 0 Å². The molecule has 0 saturated heterocycles. The second-order valence-corrected chi connectivity index (χ2v) is 6.61. The second-order valence-electron chi connectivity index (χ2n) is 6.61. The predicted molar refractivity (Wildman–Crippen MR) is 77.5 cm³/mol. The molecule has 1 heterocycles. The second kappa shape index (κ2) is 6.78. The Bertz CT molecular complexity index is 299. The number of nitrogens with zero attached hydrogens (tertiary/aromatic N) is 1. The maximum Gasteiger partial charge on any atom is 0.0429 e. The summed E-state index contributed by atoms with van der Waals surface area (Å²) in [7, 11) is 0. The van der Waals surface area contributed by atoms with Gasteiger partial charge in [0.05, 0.1) is 0 Å². The van der Waals surface area contributed by atoms with E-state index in [4.69, 9.17) is 0 Å². The van der Waals surface area contributed by atoms with Gasteiger partial charge in [0.1, 0.15) is 0 Å². The summed E-state index contributed by atoms with van der Waals surface area (Å²) in [5.41, 5.74) is 2.69. The molecule has 0 aliphatic rings. The van der Waals surface area contributed by atoms with Gasteiger partial charge in [0.15, 0.2) is 0 Å². The van der Waals surface area contributed by atoms with E-state index in [2.05, 4.69) is 72.5 Å². The molecule has 0 aliphatic heterocycles. The van der Waals surface area contributed by atoms with Crippen molar-refractivity contribution in [3.63, 3.8) is 0 Å². The van der Waals surface area contributed by atoms with Crippen molar-refractivity contribution >= 4 is 0 Å². The van der Waals surface area contributed by atoms with Gasteiger partial charge in [0, 0.05) is 11.9 Å². The van der Waals surface area contributed by atoms with Crippen LogP contribution in [0.4, 0.5) is 0 Å². The Balaban J connectivity index is 0.000000557. The van der Waals surface area contributed by atoms with Crippen molar-refractivity contribution in [3.05, 3.63) is 29.6 Å². The fraction of sp³-hybridized carbons (Fsp3) is 0.688. The van der Waals surface area contributed by atoms with Crippen LogP contribution in [0.3, 0.4) is 0 Å². The molecule has 1 nitrogen and oxygen atoms in total. The first-order valence-corrected chi connectivity index (χ1v) is 6.61. The Morgan fingerprint density at radius 1 is 0.941 bits per heavy atom. The van der Waals surface area contributed by atoms with Crippen molar-refractivity contribution in [1.82, 2.24) is 4.98 Å². The molecule has 1 rings (SSSR count). The van der Waals surface area contributed by atoms with Gasteiger partial charge in [0.2, 0.25) is 0 Å². The number of pyridine rings is 1. The molecule has 0 amide bonds. The summed E-state index contributed by atoms with van der Waals surface area (Å²) in [4.78, 5) is 4.44. The van der Waals surface area contributed by atoms with Gasteiger partial charge in [-0.3, -0.25) is 4.98 Å². The molecule has 0 radical (unpaired) electrons. The van der Waals surface area contributed by atoms with Gasteiger partial charge in [-0.2, -0.15) is 0 Å². The van der Waals surface area contributed by atoms with Crippen LogP contribution in [0, 0.1) is 5.92 Å². The molecule has 0 unspecified atom stereocenters. The standard InChI is InChI=1S/C12H19N.C4H10/c1-9(2)11-7-6-10(8-13-11)12(3,4)5;1-4(2)3/h6-9H,1-5H3;4H,1-3H3. The lowest BCUT2D eigenvalue weighted by Crippen LogP contribution is -2.11. The highest BCUT2D eigenvalue weighted by molar-refractivity contribution is 5.22. The third kappa shape index (κ3) is 7.14. The number of rotatable bonds is 1. The Kier molecular flexibility index (Phi) is 6.44. The zero-order chi connectivity index (χ0) is 13.6. The summed E-state index contributed by atoms with van der Waals surface area (Å²) in [5.74, 6) is 1.36. The van der Waals surface area contributed by atoms with Crippen molar-refractivity contribution in [2.75, 3.05) is 0 Å². The van der Waals surface area contributed by atoms with Gasteiger partial charge in [0.25, 0.3) is 0 Å². The highest BCUT2D eigenvalue weighted by Gasteiger charge is 2.13. The maximum atomic E-state index is 4.44. The Morgan fingerprint density at radius 3 is 1.65 bits per heavy atom. The van der Waals surface area contributed by atoms with Crippen molar-refractivity contribution < 1.29 is 0 Å². The lowest BCUT2D eigenvalue weighted by atomic mass is 9.88. The van der Waals surface area contributed by atoms with E-state index in [-0.39, 0.29) is 5.41 Å². The first kappa shape index (κ1) is 16.1. The van der Waals surface area contributed by atoms with Crippen LogP contribution < -0.4 is 0 Å². The van der Waals surface area contributed by atoms with Crippen LogP contribution in [0.5, 0.6) is 0 Å². The van der Waals surface area contributed by atoms with Gasteiger partial charge >= 0.3 is 0 Å². The minimum absolute atomic E-state index is 0.211. The van der Waals surface area contributed by atoms with E-state index in [0.29, 0.717) is 5.92 Å². The molecular weight excluding hydrogens is 206 g/mol. The molecule has 0 N–H and O–H groups in total. The molecule has 0 aromatic carbocycles. The fourth-order valence-electron chi connectivity index (χ4n) is 1.19. The zero-order valence-electron chi connectivity index (χ0n) is 12.8. The summed E-state index contributed by atoms with van der Waals surface area (Å²) >= 11 is 0.